The first-order valence-corrected chi connectivity index (χ1v) is 7.06. The Balaban J connectivity index is 1.89. The molecule has 1 fully saturated rings. The zero-order valence-corrected chi connectivity index (χ0v) is 12.0. The number of ether oxygens (including phenoxy) is 2. The van der Waals surface area contributed by atoms with Gasteiger partial charge in [0, 0.05) is 18.4 Å². The predicted octanol–water partition coefficient (Wildman–Crippen LogP) is 2.38. The molecule has 1 aromatic carbocycles. The third-order valence-corrected chi connectivity index (χ3v) is 3.10. The highest BCUT2D eigenvalue weighted by Gasteiger charge is 2.23. The smallest absolute Gasteiger partial charge is 0.330 e. The van der Waals surface area contributed by atoms with Crippen molar-refractivity contribution in [3.05, 3.63) is 35.9 Å². The van der Waals surface area contributed by atoms with Crippen molar-refractivity contribution in [2.45, 2.75) is 25.9 Å². The molecule has 112 valence electrons. The van der Waals surface area contributed by atoms with E-state index in [9.17, 15) is 9.59 Å². The van der Waals surface area contributed by atoms with Gasteiger partial charge in [-0.2, -0.15) is 0 Å². The van der Waals surface area contributed by atoms with E-state index in [1.54, 1.807) is 25.1 Å². The summed E-state index contributed by atoms with van der Waals surface area (Å²) >= 11 is 0. The van der Waals surface area contributed by atoms with Crippen LogP contribution in [0, 0.1) is 0 Å². The van der Waals surface area contributed by atoms with Crippen LogP contribution in [0.25, 0.3) is 6.08 Å². The fourth-order valence-corrected chi connectivity index (χ4v) is 2.04. The Hall–Kier alpha value is -2.14. The average molecular weight is 289 g/mol. The molecule has 0 spiro atoms. The summed E-state index contributed by atoms with van der Waals surface area (Å²) in [6.45, 7) is 2.77. The molecule has 1 aromatic rings. The summed E-state index contributed by atoms with van der Waals surface area (Å²) in [5, 5.41) is 2.82. The van der Waals surface area contributed by atoms with E-state index in [-0.39, 0.29) is 18.0 Å². The van der Waals surface area contributed by atoms with Crippen LogP contribution in [0.4, 0.5) is 5.69 Å². The Morgan fingerprint density at radius 2 is 2.14 bits per heavy atom. The minimum Gasteiger partial charge on any atom is -0.463 e. The van der Waals surface area contributed by atoms with Crippen molar-refractivity contribution in [3.8, 4) is 0 Å². The highest BCUT2D eigenvalue weighted by molar-refractivity contribution is 5.94. The minimum absolute atomic E-state index is 0.109. The number of anilines is 1. The molecule has 1 amide bonds. The summed E-state index contributed by atoms with van der Waals surface area (Å²) in [5.74, 6) is -0.476. The van der Waals surface area contributed by atoms with Crippen LogP contribution in [0.3, 0.4) is 0 Å². The summed E-state index contributed by atoms with van der Waals surface area (Å²) in [6.07, 6.45) is 4.41. The van der Waals surface area contributed by atoms with Gasteiger partial charge in [0.25, 0.3) is 5.91 Å². The molecule has 1 N–H and O–H groups in total. The van der Waals surface area contributed by atoms with E-state index in [1.807, 2.05) is 12.1 Å². The fraction of sp³-hybridized carbons (Fsp3) is 0.375. The Kier molecular flexibility index (Phi) is 5.51. The maximum atomic E-state index is 11.9. The van der Waals surface area contributed by atoms with E-state index >= 15 is 0 Å². The minimum atomic E-state index is -0.367. The molecule has 1 aliphatic rings. The van der Waals surface area contributed by atoms with Crippen LogP contribution < -0.4 is 5.32 Å². The van der Waals surface area contributed by atoms with Crippen LogP contribution in [-0.2, 0) is 19.1 Å². The second kappa shape index (κ2) is 7.59. The predicted molar refractivity (Wildman–Crippen MR) is 79.7 cm³/mol. The van der Waals surface area contributed by atoms with Gasteiger partial charge in [-0.05, 0) is 43.5 Å². The molecule has 0 aliphatic carbocycles. The standard InChI is InChI=1S/C16H19NO4/c1-2-20-15(18)10-7-12-5-8-13(9-6-12)17-16(19)14-4-3-11-21-14/h5-10,14H,2-4,11H2,1H3,(H,17,19)/b10-7+. The van der Waals surface area contributed by atoms with E-state index in [4.69, 9.17) is 9.47 Å². The highest BCUT2D eigenvalue weighted by atomic mass is 16.5. The van der Waals surface area contributed by atoms with Crippen molar-refractivity contribution in [2.24, 2.45) is 0 Å². The number of hydrogen-bond acceptors (Lipinski definition) is 4. The molecule has 1 unspecified atom stereocenters. The topological polar surface area (TPSA) is 64.6 Å². The number of amides is 1. The molecule has 5 heteroatoms. The molecule has 1 saturated heterocycles. The second-order valence-corrected chi connectivity index (χ2v) is 4.70. The maximum absolute atomic E-state index is 11.9. The molecule has 1 atom stereocenters. The zero-order chi connectivity index (χ0) is 15.1. The molecule has 21 heavy (non-hydrogen) atoms. The lowest BCUT2D eigenvalue weighted by atomic mass is 10.2. The highest BCUT2D eigenvalue weighted by Crippen LogP contribution is 2.16. The van der Waals surface area contributed by atoms with Gasteiger partial charge in [-0.15, -0.1) is 0 Å². The van der Waals surface area contributed by atoms with Crippen LogP contribution in [0.1, 0.15) is 25.3 Å². The summed E-state index contributed by atoms with van der Waals surface area (Å²) in [5.41, 5.74) is 1.57. The lowest BCUT2D eigenvalue weighted by Crippen LogP contribution is -2.26. The SMILES string of the molecule is CCOC(=O)/C=C/c1ccc(NC(=O)C2CCCO2)cc1. The number of carbonyl (C=O) groups excluding carboxylic acids is 2. The number of benzene rings is 1. The van der Waals surface area contributed by atoms with Crippen molar-refractivity contribution in [2.75, 3.05) is 18.5 Å². The largest absolute Gasteiger partial charge is 0.463 e. The summed E-state index contributed by atoms with van der Waals surface area (Å²) in [4.78, 5) is 23.1. The van der Waals surface area contributed by atoms with Crippen LogP contribution in [-0.4, -0.2) is 31.2 Å². The van der Waals surface area contributed by atoms with Crippen molar-refractivity contribution in [3.63, 3.8) is 0 Å². The maximum Gasteiger partial charge on any atom is 0.330 e. The quantitative estimate of drug-likeness (QED) is 0.667. The number of rotatable bonds is 5. The van der Waals surface area contributed by atoms with Gasteiger partial charge in [-0.25, -0.2) is 4.79 Å². The monoisotopic (exact) mass is 289 g/mol. The molecule has 2 rings (SSSR count). The van der Waals surface area contributed by atoms with Gasteiger partial charge < -0.3 is 14.8 Å². The van der Waals surface area contributed by atoms with Gasteiger partial charge in [0.15, 0.2) is 0 Å². The average Bonchev–Trinajstić information content (AvgIpc) is 3.01. The van der Waals surface area contributed by atoms with Gasteiger partial charge in [-0.1, -0.05) is 12.1 Å². The van der Waals surface area contributed by atoms with E-state index in [0.717, 1.165) is 18.4 Å². The Morgan fingerprint density at radius 3 is 2.76 bits per heavy atom. The van der Waals surface area contributed by atoms with Gasteiger partial charge in [-0.3, -0.25) is 4.79 Å². The van der Waals surface area contributed by atoms with Gasteiger partial charge in [0.05, 0.1) is 6.61 Å². The molecule has 0 bridgehead atoms. The van der Waals surface area contributed by atoms with Gasteiger partial charge in [0.1, 0.15) is 6.10 Å². The third kappa shape index (κ3) is 4.72. The molecular formula is C16H19NO4. The molecule has 1 aliphatic heterocycles. The summed E-state index contributed by atoms with van der Waals surface area (Å²) < 4.78 is 10.1. The molecule has 5 nitrogen and oxygen atoms in total. The van der Waals surface area contributed by atoms with Crippen LogP contribution in [0.5, 0.6) is 0 Å². The fourth-order valence-electron chi connectivity index (χ4n) is 2.04. The van der Waals surface area contributed by atoms with E-state index in [1.165, 1.54) is 6.08 Å². The van der Waals surface area contributed by atoms with Crippen molar-refractivity contribution < 1.29 is 19.1 Å². The summed E-state index contributed by atoms with van der Waals surface area (Å²) in [7, 11) is 0. The molecule has 0 aromatic heterocycles. The van der Waals surface area contributed by atoms with Gasteiger partial charge in [0.2, 0.25) is 0 Å². The van der Waals surface area contributed by atoms with Gasteiger partial charge >= 0.3 is 5.97 Å². The second-order valence-electron chi connectivity index (χ2n) is 4.70. The number of nitrogens with one attached hydrogen (secondary N) is 1. The summed E-state index contributed by atoms with van der Waals surface area (Å²) in [6, 6.07) is 7.22. The normalized spacial score (nSPS) is 17.9. The first kappa shape index (κ1) is 15.3. The van der Waals surface area contributed by atoms with Crippen molar-refractivity contribution in [1.29, 1.82) is 0 Å². The van der Waals surface area contributed by atoms with E-state index < -0.39 is 0 Å². The Morgan fingerprint density at radius 1 is 1.38 bits per heavy atom. The Bertz CT molecular complexity index is 516. The van der Waals surface area contributed by atoms with Crippen LogP contribution in [0.2, 0.25) is 0 Å². The van der Waals surface area contributed by atoms with Crippen molar-refractivity contribution in [1.82, 2.24) is 0 Å². The lowest BCUT2D eigenvalue weighted by molar-refractivity contribution is -0.137. The molecular weight excluding hydrogens is 270 g/mol. The molecule has 0 saturated carbocycles. The Labute approximate surface area is 123 Å². The van der Waals surface area contributed by atoms with Crippen LogP contribution >= 0.6 is 0 Å². The van der Waals surface area contributed by atoms with Crippen molar-refractivity contribution >= 4 is 23.6 Å². The molecule has 0 radical (unpaired) electrons. The zero-order valence-electron chi connectivity index (χ0n) is 12.0. The number of carbonyl (C=O) groups is 2. The lowest BCUT2D eigenvalue weighted by Gasteiger charge is -2.10. The number of hydrogen-bond donors (Lipinski definition) is 1. The number of esters is 1. The van der Waals surface area contributed by atoms with E-state index in [2.05, 4.69) is 5.32 Å². The molecule has 1 heterocycles. The van der Waals surface area contributed by atoms with E-state index in [0.29, 0.717) is 18.9 Å². The van der Waals surface area contributed by atoms with Crippen LogP contribution in [0.15, 0.2) is 30.3 Å². The first-order valence-electron chi connectivity index (χ1n) is 7.06. The third-order valence-electron chi connectivity index (χ3n) is 3.10. The first-order chi connectivity index (χ1) is 10.2.